The molecule has 19 heavy (non-hydrogen) atoms. The molecule has 0 aromatic carbocycles. The summed E-state index contributed by atoms with van der Waals surface area (Å²) in [5.41, 5.74) is 2.60. The lowest BCUT2D eigenvalue weighted by atomic mass is 10.2. The van der Waals surface area contributed by atoms with E-state index in [0.717, 1.165) is 22.0 Å². The van der Waals surface area contributed by atoms with E-state index in [1.54, 1.807) is 16.9 Å². The van der Waals surface area contributed by atoms with Gasteiger partial charge in [-0.05, 0) is 6.92 Å². The molecule has 0 aliphatic rings. The van der Waals surface area contributed by atoms with E-state index in [4.69, 9.17) is 11.6 Å². The van der Waals surface area contributed by atoms with Gasteiger partial charge in [0.1, 0.15) is 5.15 Å². The van der Waals surface area contributed by atoms with Gasteiger partial charge in [-0.1, -0.05) is 11.6 Å². The minimum atomic E-state index is 0.400. The fourth-order valence-electron chi connectivity index (χ4n) is 1.67. The van der Waals surface area contributed by atoms with E-state index in [2.05, 4.69) is 20.1 Å². The lowest BCUT2D eigenvalue weighted by molar-refractivity contribution is 0.768. The number of nitrogens with zero attached hydrogens (tertiary/aromatic N) is 5. The van der Waals surface area contributed by atoms with Crippen molar-refractivity contribution in [3.05, 3.63) is 34.7 Å². The molecule has 0 fully saturated rings. The van der Waals surface area contributed by atoms with Crippen LogP contribution in [0.1, 0.15) is 5.69 Å². The van der Waals surface area contributed by atoms with Crippen LogP contribution in [-0.4, -0.2) is 24.7 Å². The van der Waals surface area contributed by atoms with E-state index >= 15 is 0 Å². The van der Waals surface area contributed by atoms with Crippen molar-refractivity contribution < 1.29 is 0 Å². The molecule has 3 aromatic rings. The van der Waals surface area contributed by atoms with Crippen LogP contribution in [0.3, 0.4) is 0 Å². The Labute approximate surface area is 118 Å². The summed E-state index contributed by atoms with van der Waals surface area (Å²) in [5.74, 6) is 0.546. The zero-order valence-electron chi connectivity index (χ0n) is 10.3. The molecule has 0 aliphatic heterocycles. The lowest BCUT2D eigenvalue weighted by Gasteiger charge is -2.01. The van der Waals surface area contributed by atoms with Gasteiger partial charge in [-0.25, -0.2) is 15.0 Å². The maximum Gasteiger partial charge on any atom is 0.190 e. The minimum absolute atomic E-state index is 0.400. The topological polar surface area (TPSA) is 56.5 Å². The largest absolute Gasteiger partial charge is 0.275 e. The first kappa shape index (κ1) is 12.3. The van der Waals surface area contributed by atoms with E-state index in [0.29, 0.717) is 11.0 Å². The van der Waals surface area contributed by atoms with E-state index in [9.17, 15) is 0 Å². The number of halogens is 1. The summed E-state index contributed by atoms with van der Waals surface area (Å²) in [6.45, 7) is 1.94. The van der Waals surface area contributed by atoms with Gasteiger partial charge >= 0.3 is 0 Å². The normalized spacial score (nSPS) is 10.9. The Hall–Kier alpha value is -1.79. The van der Waals surface area contributed by atoms with Gasteiger partial charge in [0.25, 0.3) is 0 Å². The molecule has 0 amide bonds. The van der Waals surface area contributed by atoms with Crippen LogP contribution in [0.15, 0.2) is 23.8 Å². The van der Waals surface area contributed by atoms with E-state index in [1.165, 1.54) is 11.3 Å². The van der Waals surface area contributed by atoms with Crippen molar-refractivity contribution in [3.63, 3.8) is 0 Å². The summed E-state index contributed by atoms with van der Waals surface area (Å²) in [6.07, 6.45) is 3.63. The van der Waals surface area contributed by atoms with Crippen molar-refractivity contribution in [2.45, 2.75) is 6.92 Å². The summed E-state index contributed by atoms with van der Waals surface area (Å²) in [7, 11) is 1.86. The van der Waals surface area contributed by atoms with E-state index in [1.807, 2.05) is 25.5 Å². The Kier molecular flexibility index (Phi) is 3.04. The van der Waals surface area contributed by atoms with Crippen LogP contribution in [0.2, 0.25) is 5.15 Å². The number of aryl methyl sites for hydroxylation is 2. The molecule has 0 radical (unpaired) electrons. The highest BCUT2D eigenvalue weighted by molar-refractivity contribution is 7.13. The number of rotatable bonds is 2. The van der Waals surface area contributed by atoms with Crippen molar-refractivity contribution in [2.75, 3.05) is 0 Å². The Bertz CT molecular complexity index is 675. The monoisotopic (exact) mass is 291 g/mol. The first-order valence-corrected chi connectivity index (χ1v) is 6.84. The lowest BCUT2D eigenvalue weighted by Crippen LogP contribution is -1.92. The predicted molar refractivity (Wildman–Crippen MR) is 75.1 cm³/mol. The predicted octanol–water partition coefficient (Wildman–Crippen LogP) is 2.96. The third kappa shape index (κ3) is 2.50. The zero-order chi connectivity index (χ0) is 13.4. The van der Waals surface area contributed by atoms with Crippen molar-refractivity contribution in [1.82, 2.24) is 24.7 Å². The molecule has 0 aliphatic carbocycles. The van der Waals surface area contributed by atoms with Crippen molar-refractivity contribution in [1.29, 1.82) is 0 Å². The Morgan fingerprint density at radius 1 is 1.26 bits per heavy atom. The highest BCUT2D eigenvalue weighted by atomic mass is 35.5. The van der Waals surface area contributed by atoms with Gasteiger partial charge in [0.15, 0.2) is 10.8 Å². The molecule has 0 saturated heterocycles. The molecule has 7 heteroatoms. The molecule has 0 saturated carbocycles. The van der Waals surface area contributed by atoms with Gasteiger partial charge in [0.2, 0.25) is 0 Å². The maximum absolute atomic E-state index is 6.06. The standard InChI is InChI=1S/C12H10ClN5S/c1-7-6-19-12(15-7)11-16-9(3-10(13)17-11)8-4-14-18(2)5-8/h3-6H,1-2H3. The van der Waals surface area contributed by atoms with Crippen LogP contribution in [-0.2, 0) is 7.05 Å². The van der Waals surface area contributed by atoms with Gasteiger partial charge in [0.05, 0.1) is 11.9 Å². The third-order valence-electron chi connectivity index (χ3n) is 2.51. The molecule has 3 heterocycles. The van der Waals surface area contributed by atoms with E-state index in [-0.39, 0.29) is 0 Å². The number of aromatic nitrogens is 5. The second kappa shape index (κ2) is 4.71. The molecule has 0 N–H and O–H groups in total. The Balaban J connectivity index is 2.10. The smallest absolute Gasteiger partial charge is 0.190 e. The van der Waals surface area contributed by atoms with Crippen molar-refractivity contribution in [2.24, 2.45) is 7.05 Å². The first-order valence-electron chi connectivity index (χ1n) is 5.58. The maximum atomic E-state index is 6.06. The van der Waals surface area contributed by atoms with Gasteiger partial charge in [-0.15, -0.1) is 11.3 Å². The quantitative estimate of drug-likeness (QED) is 0.681. The molecule has 0 unspecified atom stereocenters. The second-order valence-corrected chi connectivity index (χ2v) is 5.34. The molecule has 0 atom stereocenters. The van der Waals surface area contributed by atoms with Gasteiger partial charge < -0.3 is 0 Å². The summed E-state index contributed by atoms with van der Waals surface area (Å²) in [4.78, 5) is 13.1. The fraction of sp³-hybridized carbons (Fsp3) is 0.167. The van der Waals surface area contributed by atoms with Crippen LogP contribution in [0.5, 0.6) is 0 Å². The molecule has 96 valence electrons. The Morgan fingerprint density at radius 3 is 2.74 bits per heavy atom. The van der Waals surface area contributed by atoms with Gasteiger partial charge in [-0.3, -0.25) is 4.68 Å². The summed E-state index contributed by atoms with van der Waals surface area (Å²) < 4.78 is 1.72. The highest BCUT2D eigenvalue weighted by Crippen LogP contribution is 2.25. The zero-order valence-corrected chi connectivity index (χ0v) is 11.9. The summed E-state index contributed by atoms with van der Waals surface area (Å²) in [6, 6.07) is 1.72. The van der Waals surface area contributed by atoms with Gasteiger partial charge in [0, 0.05) is 35.9 Å². The summed E-state index contributed by atoms with van der Waals surface area (Å²) in [5, 5.41) is 7.26. The molecular weight excluding hydrogens is 282 g/mol. The van der Waals surface area contributed by atoms with Gasteiger partial charge in [-0.2, -0.15) is 5.10 Å². The van der Waals surface area contributed by atoms with Crippen LogP contribution >= 0.6 is 22.9 Å². The number of hydrogen-bond donors (Lipinski definition) is 0. The second-order valence-electron chi connectivity index (χ2n) is 4.10. The minimum Gasteiger partial charge on any atom is -0.275 e. The number of hydrogen-bond acceptors (Lipinski definition) is 5. The number of thiazole rings is 1. The molecule has 0 spiro atoms. The summed E-state index contributed by atoms with van der Waals surface area (Å²) >= 11 is 7.57. The van der Waals surface area contributed by atoms with Crippen LogP contribution in [0, 0.1) is 6.92 Å². The van der Waals surface area contributed by atoms with Crippen LogP contribution in [0.4, 0.5) is 0 Å². The highest BCUT2D eigenvalue weighted by Gasteiger charge is 2.11. The average Bonchev–Trinajstić information content (AvgIpc) is 2.97. The molecule has 3 rings (SSSR count). The Morgan fingerprint density at radius 2 is 2.11 bits per heavy atom. The SMILES string of the molecule is Cc1csc(-c2nc(Cl)cc(-c3cnn(C)c3)n2)n1. The molecule has 5 nitrogen and oxygen atoms in total. The molecular formula is C12H10ClN5S. The molecule has 0 bridgehead atoms. The molecule has 3 aromatic heterocycles. The van der Waals surface area contributed by atoms with E-state index < -0.39 is 0 Å². The van der Waals surface area contributed by atoms with Crippen molar-refractivity contribution in [3.8, 4) is 22.1 Å². The van der Waals surface area contributed by atoms with Crippen LogP contribution in [0.25, 0.3) is 22.1 Å². The average molecular weight is 292 g/mol. The fourth-order valence-corrected chi connectivity index (χ4v) is 2.58. The first-order chi connectivity index (χ1) is 9.11. The third-order valence-corrected chi connectivity index (χ3v) is 3.66. The van der Waals surface area contributed by atoms with Crippen LogP contribution < -0.4 is 0 Å². The van der Waals surface area contributed by atoms with Crippen molar-refractivity contribution >= 4 is 22.9 Å².